The Hall–Kier alpha value is -2.52. The summed E-state index contributed by atoms with van der Waals surface area (Å²) in [6.07, 6.45) is 2.02. The van der Waals surface area contributed by atoms with Crippen LogP contribution in [-0.4, -0.2) is 48.8 Å². The largest absolute Gasteiger partial charge is 0.497 e. The molecular formula is C17H20N4O4S. The predicted molar refractivity (Wildman–Crippen MR) is 94.4 cm³/mol. The molecule has 1 saturated heterocycles. The third kappa shape index (κ3) is 3.40. The Bertz CT molecular complexity index is 928. The number of rotatable bonds is 5. The van der Waals surface area contributed by atoms with E-state index in [4.69, 9.17) is 10.5 Å². The van der Waals surface area contributed by atoms with E-state index in [0.29, 0.717) is 36.8 Å². The van der Waals surface area contributed by atoms with Crippen molar-refractivity contribution < 1.29 is 17.9 Å². The van der Waals surface area contributed by atoms with Crippen molar-refractivity contribution in [3.63, 3.8) is 0 Å². The first-order valence-electron chi connectivity index (χ1n) is 8.10. The van der Waals surface area contributed by atoms with E-state index in [1.807, 2.05) is 0 Å². The topological polar surface area (TPSA) is 115 Å². The summed E-state index contributed by atoms with van der Waals surface area (Å²) in [6.45, 7) is 2.37. The first-order valence-corrected chi connectivity index (χ1v) is 9.54. The van der Waals surface area contributed by atoms with E-state index in [2.05, 4.69) is 9.97 Å². The third-order valence-electron chi connectivity index (χ3n) is 4.48. The van der Waals surface area contributed by atoms with Crippen LogP contribution >= 0.6 is 0 Å². The second-order valence-corrected chi connectivity index (χ2v) is 8.05. The van der Waals surface area contributed by atoms with Crippen molar-refractivity contribution in [1.82, 2.24) is 14.3 Å². The van der Waals surface area contributed by atoms with E-state index in [1.165, 1.54) is 29.7 Å². The highest BCUT2D eigenvalue weighted by atomic mass is 32.2. The van der Waals surface area contributed by atoms with E-state index >= 15 is 0 Å². The van der Waals surface area contributed by atoms with Crippen molar-refractivity contribution in [3.05, 3.63) is 47.5 Å². The van der Waals surface area contributed by atoms with Crippen LogP contribution < -0.4 is 10.5 Å². The highest BCUT2D eigenvalue weighted by Crippen LogP contribution is 2.30. The van der Waals surface area contributed by atoms with E-state index in [-0.39, 0.29) is 16.4 Å². The Morgan fingerprint density at radius 3 is 2.58 bits per heavy atom. The number of hydrogen-bond donors (Lipinski definition) is 1. The predicted octanol–water partition coefficient (Wildman–Crippen LogP) is 1.07. The monoisotopic (exact) mass is 376 g/mol. The Balaban J connectivity index is 1.79. The number of aromatic nitrogens is 2. The Labute approximate surface area is 152 Å². The molecule has 9 heteroatoms. The van der Waals surface area contributed by atoms with Gasteiger partial charge in [0.25, 0.3) is 5.91 Å². The minimum atomic E-state index is -3.59. The number of amides is 1. The summed E-state index contributed by atoms with van der Waals surface area (Å²) in [5, 5.41) is 0. The maximum atomic E-state index is 12.8. The zero-order valence-electron chi connectivity index (χ0n) is 14.5. The molecule has 1 aromatic carbocycles. The molecule has 8 nitrogen and oxygen atoms in total. The fraction of sp³-hybridized carbons (Fsp3) is 0.353. The van der Waals surface area contributed by atoms with Gasteiger partial charge in [-0.2, -0.15) is 4.31 Å². The summed E-state index contributed by atoms with van der Waals surface area (Å²) in [6, 6.07) is 6.30. The molecule has 138 valence electrons. The standard InChI is InChI=1S/C17H20N4O4S/c1-11-15(16(18)22)9-19-17(20-11)12-7-8-21(10-12)26(23,24)14-5-3-13(25-2)4-6-14/h3-6,9,12H,7-8,10H2,1-2H3,(H2,18,22)/t12-/m1/s1. The Kier molecular flexibility index (Phi) is 4.92. The number of carbonyl (C=O) groups excluding carboxylic acids is 1. The molecule has 0 aliphatic carbocycles. The van der Waals surface area contributed by atoms with Gasteiger partial charge in [-0.05, 0) is 37.6 Å². The minimum Gasteiger partial charge on any atom is -0.497 e. The third-order valence-corrected chi connectivity index (χ3v) is 6.36. The van der Waals surface area contributed by atoms with Crippen LogP contribution in [0, 0.1) is 6.92 Å². The lowest BCUT2D eigenvalue weighted by molar-refractivity contribution is 0.0999. The number of nitrogens with zero attached hydrogens (tertiary/aromatic N) is 3. The Morgan fingerprint density at radius 2 is 2.00 bits per heavy atom. The van der Waals surface area contributed by atoms with Gasteiger partial charge in [0.05, 0.1) is 23.3 Å². The van der Waals surface area contributed by atoms with Gasteiger partial charge in [0.1, 0.15) is 11.6 Å². The lowest BCUT2D eigenvalue weighted by Crippen LogP contribution is -2.28. The molecule has 0 spiro atoms. The van der Waals surface area contributed by atoms with Gasteiger partial charge in [0.15, 0.2) is 0 Å². The van der Waals surface area contributed by atoms with Crippen LogP contribution in [0.5, 0.6) is 5.75 Å². The fourth-order valence-corrected chi connectivity index (χ4v) is 4.48. The molecule has 2 N–H and O–H groups in total. The normalized spacial score (nSPS) is 18.0. The molecule has 2 aromatic rings. The SMILES string of the molecule is COc1ccc(S(=O)(=O)N2CC[C@@H](c3ncc(C(N)=O)c(C)n3)C2)cc1. The zero-order valence-corrected chi connectivity index (χ0v) is 15.4. The number of ether oxygens (including phenoxy) is 1. The van der Waals surface area contributed by atoms with Crippen LogP contribution in [0.1, 0.15) is 34.2 Å². The van der Waals surface area contributed by atoms with Crippen molar-refractivity contribution in [3.8, 4) is 5.75 Å². The lowest BCUT2D eigenvalue weighted by Gasteiger charge is -2.17. The van der Waals surface area contributed by atoms with E-state index < -0.39 is 15.9 Å². The van der Waals surface area contributed by atoms with Gasteiger partial charge in [-0.1, -0.05) is 0 Å². The van der Waals surface area contributed by atoms with Gasteiger partial charge < -0.3 is 10.5 Å². The van der Waals surface area contributed by atoms with Gasteiger partial charge in [-0.15, -0.1) is 0 Å². The van der Waals surface area contributed by atoms with Crippen molar-refractivity contribution in [2.24, 2.45) is 5.73 Å². The molecule has 0 radical (unpaired) electrons. The summed E-state index contributed by atoms with van der Waals surface area (Å²) in [5.74, 6) is 0.425. The van der Waals surface area contributed by atoms with Crippen LogP contribution in [0.25, 0.3) is 0 Å². The number of carbonyl (C=O) groups is 1. The molecule has 2 heterocycles. The second kappa shape index (κ2) is 7.00. The van der Waals surface area contributed by atoms with Crippen LogP contribution in [-0.2, 0) is 10.0 Å². The average molecular weight is 376 g/mol. The average Bonchev–Trinajstić information content (AvgIpc) is 3.12. The highest BCUT2D eigenvalue weighted by molar-refractivity contribution is 7.89. The number of nitrogens with two attached hydrogens (primary N) is 1. The quantitative estimate of drug-likeness (QED) is 0.834. The van der Waals surface area contributed by atoms with Crippen molar-refractivity contribution in [1.29, 1.82) is 0 Å². The van der Waals surface area contributed by atoms with E-state index in [9.17, 15) is 13.2 Å². The van der Waals surface area contributed by atoms with Crippen LogP contribution in [0.4, 0.5) is 0 Å². The molecule has 1 aliphatic heterocycles. The molecule has 0 bridgehead atoms. The molecule has 1 fully saturated rings. The molecule has 1 aliphatic rings. The number of hydrogen-bond acceptors (Lipinski definition) is 6. The molecule has 0 unspecified atom stereocenters. The van der Waals surface area contributed by atoms with Gasteiger partial charge in [-0.25, -0.2) is 18.4 Å². The maximum Gasteiger partial charge on any atom is 0.252 e. The van der Waals surface area contributed by atoms with Crippen molar-refractivity contribution in [2.45, 2.75) is 24.2 Å². The summed E-state index contributed by atoms with van der Waals surface area (Å²) in [5.41, 5.74) is 6.04. The number of benzene rings is 1. The first-order chi connectivity index (χ1) is 12.3. The second-order valence-electron chi connectivity index (χ2n) is 6.12. The number of aryl methyl sites for hydroxylation is 1. The van der Waals surface area contributed by atoms with E-state index in [1.54, 1.807) is 19.1 Å². The van der Waals surface area contributed by atoms with Gasteiger partial charge in [0.2, 0.25) is 10.0 Å². The molecular weight excluding hydrogens is 356 g/mol. The number of sulfonamides is 1. The van der Waals surface area contributed by atoms with Crippen LogP contribution in [0.3, 0.4) is 0 Å². The van der Waals surface area contributed by atoms with Crippen molar-refractivity contribution >= 4 is 15.9 Å². The molecule has 1 amide bonds. The minimum absolute atomic E-state index is 0.122. The smallest absolute Gasteiger partial charge is 0.252 e. The van der Waals surface area contributed by atoms with Gasteiger partial charge in [0, 0.05) is 25.2 Å². The van der Waals surface area contributed by atoms with E-state index in [0.717, 1.165) is 0 Å². The summed E-state index contributed by atoms with van der Waals surface area (Å²) < 4.78 is 32.1. The van der Waals surface area contributed by atoms with Gasteiger partial charge in [-0.3, -0.25) is 4.79 Å². The highest BCUT2D eigenvalue weighted by Gasteiger charge is 2.34. The molecule has 1 atom stereocenters. The Morgan fingerprint density at radius 1 is 1.31 bits per heavy atom. The zero-order chi connectivity index (χ0) is 18.9. The molecule has 3 rings (SSSR count). The summed E-state index contributed by atoms with van der Waals surface area (Å²) in [4.78, 5) is 20.1. The molecule has 1 aromatic heterocycles. The first kappa shape index (κ1) is 18.3. The number of methoxy groups -OCH3 is 1. The van der Waals surface area contributed by atoms with Crippen molar-refractivity contribution in [2.75, 3.05) is 20.2 Å². The number of primary amides is 1. The summed E-state index contributed by atoms with van der Waals surface area (Å²) in [7, 11) is -2.06. The van der Waals surface area contributed by atoms with Crippen LogP contribution in [0.15, 0.2) is 35.4 Å². The molecule has 26 heavy (non-hydrogen) atoms. The summed E-state index contributed by atoms with van der Waals surface area (Å²) >= 11 is 0. The fourth-order valence-electron chi connectivity index (χ4n) is 2.98. The lowest BCUT2D eigenvalue weighted by atomic mass is 10.1. The molecule has 0 saturated carbocycles. The van der Waals surface area contributed by atoms with Crippen LogP contribution in [0.2, 0.25) is 0 Å². The maximum absolute atomic E-state index is 12.8. The van der Waals surface area contributed by atoms with Gasteiger partial charge >= 0.3 is 0 Å².